The molecule has 0 amide bonds. The van der Waals surface area contributed by atoms with Gasteiger partial charge in [-0.25, -0.2) is 13.6 Å². The molecule has 1 heterocycles. The molecule has 0 saturated carbocycles. The van der Waals surface area contributed by atoms with Crippen molar-refractivity contribution in [3.05, 3.63) is 52.9 Å². The number of carboxylic acids is 1. The van der Waals surface area contributed by atoms with E-state index in [2.05, 4.69) is 0 Å². The first-order valence-electron chi connectivity index (χ1n) is 5.43. The highest BCUT2D eigenvalue weighted by Gasteiger charge is 2.08. The normalized spacial score (nSPS) is 11.6. The van der Waals surface area contributed by atoms with Crippen LogP contribution in [0.3, 0.4) is 0 Å². The Labute approximate surface area is 112 Å². The molecule has 1 N–H and O–H groups in total. The van der Waals surface area contributed by atoms with E-state index in [1.54, 1.807) is 19.1 Å². The van der Waals surface area contributed by atoms with Gasteiger partial charge in [-0.15, -0.1) is 11.3 Å². The molecular formula is C14H10F2O2S. The highest BCUT2D eigenvalue weighted by Crippen LogP contribution is 2.32. The molecule has 0 unspecified atom stereocenters. The summed E-state index contributed by atoms with van der Waals surface area (Å²) in [4.78, 5) is 12.0. The first-order valence-corrected chi connectivity index (χ1v) is 6.25. The van der Waals surface area contributed by atoms with Gasteiger partial charge in [0, 0.05) is 21.9 Å². The molecule has 2 aromatic rings. The monoisotopic (exact) mass is 280 g/mol. The van der Waals surface area contributed by atoms with Crippen LogP contribution < -0.4 is 0 Å². The van der Waals surface area contributed by atoms with Crippen LogP contribution in [0.5, 0.6) is 0 Å². The van der Waals surface area contributed by atoms with Crippen LogP contribution in [0.2, 0.25) is 0 Å². The molecule has 1 aromatic carbocycles. The second kappa shape index (κ2) is 5.32. The smallest absolute Gasteiger partial charge is 0.328 e. The van der Waals surface area contributed by atoms with Gasteiger partial charge in [0.05, 0.1) is 0 Å². The molecule has 0 saturated heterocycles. The Balaban J connectivity index is 2.38. The fraction of sp³-hybridized carbons (Fsp3) is 0.0714. The van der Waals surface area contributed by atoms with Crippen LogP contribution in [0, 0.1) is 11.6 Å². The molecule has 0 radical (unpaired) electrons. The number of thiophene rings is 1. The molecule has 0 fully saturated rings. The quantitative estimate of drug-likeness (QED) is 0.856. The maximum atomic E-state index is 13.1. The van der Waals surface area contributed by atoms with Gasteiger partial charge in [0.15, 0.2) is 0 Å². The third kappa shape index (κ3) is 3.26. The Bertz CT molecular complexity index is 639. The molecule has 98 valence electrons. The third-order valence-corrected chi connectivity index (χ3v) is 3.75. The number of halogens is 2. The lowest BCUT2D eigenvalue weighted by Gasteiger charge is -1.99. The Morgan fingerprint density at radius 1 is 1.21 bits per heavy atom. The summed E-state index contributed by atoms with van der Waals surface area (Å²) in [6.45, 7) is 1.68. The number of allylic oxidation sites excluding steroid dienone is 1. The van der Waals surface area contributed by atoms with Crippen molar-refractivity contribution in [3.63, 3.8) is 0 Å². The predicted molar refractivity (Wildman–Crippen MR) is 71.0 cm³/mol. The van der Waals surface area contributed by atoms with Crippen molar-refractivity contribution in [3.8, 4) is 10.4 Å². The van der Waals surface area contributed by atoms with E-state index < -0.39 is 17.6 Å². The third-order valence-electron chi connectivity index (χ3n) is 2.48. The van der Waals surface area contributed by atoms with Gasteiger partial charge in [-0.3, -0.25) is 0 Å². The largest absolute Gasteiger partial charge is 0.478 e. The summed E-state index contributed by atoms with van der Waals surface area (Å²) in [6, 6.07) is 6.75. The van der Waals surface area contributed by atoms with Crippen molar-refractivity contribution >= 4 is 22.9 Å². The fourth-order valence-corrected chi connectivity index (χ4v) is 2.62. The lowest BCUT2D eigenvalue weighted by atomic mass is 10.1. The van der Waals surface area contributed by atoms with E-state index in [0.29, 0.717) is 16.0 Å². The summed E-state index contributed by atoms with van der Waals surface area (Å²) in [7, 11) is 0. The first-order chi connectivity index (χ1) is 8.95. The number of carbonyl (C=O) groups is 1. The van der Waals surface area contributed by atoms with Crippen molar-refractivity contribution in [1.82, 2.24) is 0 Å². The molecule has 2 nitrogen and oxygen atoms in total. The van der Waals surface area contributed by atoms with E-state index in [1.807, 2.05) is 0 Å². The molecule has 5 heteroatoms. The van der Waals surface area contributed by atoms with Gasteiger partial charge in [-0.2, -0.15) is 0 Å². The van der Waals surface area contributed by atoms with Gasteiger partial charge in [-0.05, 0) is 42.3 Å². The van der Waals surface area contributed by atoms with Crippen LogP contribution in [0.1, 0.15) is 11.8 Å². The predicted octanol–water partition coefficient (Wildman–Crippen LogP) is 4.18. The van der Waals surface area contributed by atoms with Crippen LogP contribution in [0.15, 0.2) is 36.4 Å². The van der Waals surface area contributed by atoms with Crippen LogP contribution in [0.4, 0.5) is 8.78 Å². The lowest BCUT2D eigenvalue weighted by molar-refractivity contribution is -0.131. The van der Waals surface area contributed by atoms with E-state index >= 15 is 0 Å². The zero-order valence-corrected chi connectivity index (χ0v) is 10.8. The Kier molecular flexibility index (Phi) is 3.76. The molecule has 0 aliphatic heterocycles. The number of carboxylic acid groups (broad SMARTS) is 1. The average molecular weight is 280 g/mol. The van der Waals surface area contributed by atoms with Gasteiger partial charge in [-0.1, -0.05) is 0 Å². The topological polar surface area (TPSA) is 37.3 Å². The van der Waals surface area contributed by atoms with Gasteiger partial charge < -0.3 is 5.11 Å². The van der Waals surface area contributed by atoms with Gasteiger partial charge in [0.25, 0.3) is 0 Å². The van der Waals surface area contributed by atoms with Crippen molar-refractivity contribution in [2.24, 2.45) is 0 Å². The van der Waals surface area contributed by atoms with E-state index in [4.69, 9.17) is 5.11 Å². The second-order valence-electron chi connectivity index (χ2n) is 3.99. The zero-order valence-electron chi connectivity index (χ0n) is 9.98. The van der Waals surface area contributed by atoms with E-state index in [1.165, 1.54) is 23.5 Å². The van der Waals surface area contributed by atoms with Crippen LogP contribution >= 0.6 is 11.3 Å². The van der Waals surface area contributed by atoms with E-state index in [9.17, 15) is 13.6 Å². The maximum absolute atomic E-state index is 13.1. The summed E-state index contributed by atoms with van der Waals surface area (Å²) < 4.78 is 26.3. The Morgan fingerprint density at radius 3 is 2.42 bits per heavy atom. The molecule has 0 spiro atoms. The molecule has 2 rings (SSSR count). The molecule has 19 heavy (non-hydrogen) atoms. The maximum Gasteiger partial charge on any atom is 0.328 e. The van der Waals surface area contributed by atoms with Crippen LogP contribution in [-0.2, 0) is 4.79 Å². The summed E-state index contributed by atoms with van der Waals surface area (Å²) >= 11 is 1.29. The summed E-state index contributed by atoms with van der Waals surface area (Å²) in [5.41, 5.74) is 1.04. The molecule has 0 atom stereocenters. The Morgan fingerprint density at radius 2 is 1.84 bits per heavy atom. The van der Waals surface area contributed by atoms with Crippen LogP contribution in [0.25, 0.3) is 16.0 Å². The summed E-state index contributed by atoms with van der Waals surface area (Å²) in [5, 5.41) is 8.67. The van der Waals surface area contributed by atoms with Crippen molar-refractivity contribution in [1.29, 1.82) is 0 Å². The zero-order chi connectivity index (χ0) is 14.0. The van der Waals surface area contributed by atoms with Crippen LogP contribution in [-0.4, -0.2) is 11.1 Å². The highest BCUT2D eigenvalue weighted by molar-refractivity contribution is 7.16. The van der Waals surface area contributed by atoms with Gasteiger partial charge in [0.1, 0.15) is 11.6 Å². The Hall–Kier alpha value is -2.01. The minimum absolute atomic E-state index is 0.442. The summed E-state index contributed by atoms with van der Waals surface area (Å²) in [6.07, 6.45) is 1.10. The number of aliphatic carboxylic acids is 1. The minimum Gasteiger partial charge on any atom is -0.478 e. The summed E-state index contributed by atoms with van der Waals surface area (Å²) in [5.74, 6) is -2.30. The number of hydrogen-bond donors (Lipinski definition) is 1. The standard InChI is InChI=1S/C14H10F2O2S/c1-8(4-14(17)18)12-2-3-13(19-12)9-5-10(15)7-11(16)6-9/h2-7H,1H3,(H,17,18)/b8-4+. The first kappa shape index (κ1) is 13.4. The molecule has 0 aliphatic carbocycles. The van der Waals surface area contributed by atoms with Crippen molar-refractivity contribution in [2.45, 2.75) is 6.92 Å². The van der Waals surface area contributed by atoms with Gasteiger partial charge >= 0.3 is 5.97 Å². The average Bonchev–Trinajstić information content (AvgIpc) is 2.75. The SMILES string of the molecule is C/C(=C\C(=O)O)c1ccc(-c2cc(F)cc(F)c2)s1. The van der Waals surface area contributed by atoms with Crippen molar-refractivity contribution < 1.29 is 18.7 Å². The van der Waals surface area contributed by atoms with Gasteiger partial charge in [0.2, 0.25) is 0 Å². The fourth-order valence-electron chi connectivity index (χ4n) is 1.66. The lowest BCUT2D eigenvalue weighted by Crippen LogP contribution is -1.88. The molecule has 0 aliphatic rings. The number of benzene rings is 1. The molecular weight excluding hydrogens is 270 g/mol. The number of rotatable bonds is 3. The molecule has 0 bridgehead atoms. The van der Waals surface area contributed by atoms with E-state index in [0.717, 1.165) is 17.0 Å². The highest BCUT2D eigenvalue weighted by atomic mass is 32.1. The molecule has 1 aromatic heterocycles. The number of hydrogen-bond acceptors (Lipinski definition) is 2. The second-order valence-corrected chi connectivity index (χ2v) is 5.07. The minimum atomic E-state index is -1.02. The van der Waals surface area contributed by atoms with Crippen molar-refractivity contribution in [2.75, 3.05) is 0 Å². The van der Waals surface area contributed by atoms with E-state index in [-0.39, 0.29) is 0 Å².